The first-order chi connectivity index (χ1) is 16.3. The van der Waals surface area contributed by atoms with Gasteiger partial charge in [0.05, 0.1) is 5.69 Å². The van der Waals surface area contributed by atoms with Crippen LogP contribution in [0.1, 0.15) is 31.7 Å². The molecule has 0 unspecified atom stereocenters. The number of H-pyrrole nitrogens is 1. The van der Waals surface area contributed by atoms with Crippen molar-refractivity contribution in [1.29, 1.82) is 0 Å². The van der Waals surface area contributed by atoms with Gasteiger partial charge in [-0.1, -0.05) is 55.3 Å². The van der Waals surface area contributed by atoms with Gasteiger partial charge >= 0.3 is 5.69 Å². The molecule has 1 aromatic heterocycles. The summed E-state index contributed by atoms with van der Waals surface area (Å²) in [6.45, 7) is 2.73. The molecular formula is C24H27ClFN5O3. The second-order valence-corrected chi connectivity index (χ2v) is 8.26. The molecule has 0 aliphatic heterocycles. The lowest BCUT2D eigenvalue weighted by molar-refractivity contribution is -0.116. The maximum atomic E-state index is 14.0. The van der Waals surface area contributed by atoms with Gasteiger partial charge in [0.1, 0.15) is 17.3 Å². The molecule has 0 bridgehead atoms. The molecule has 0 atom stereocenters. The predicted molar refractivity (Wildman–Crippen MR) is 133 cm³/mol. The molecule has 0 saturated heterocycles. The molecule has 0 radical (unpaired) electrons. The van der Waals surface area contributed by atoms with Crippen LogP contribution in [0.3, 0.4) is 0 Å². The number of aromatic nitrogens is 2. The summed E-state index contributed by atoms with van der Waals surface area (Å²) in [5.74, 6) is -1.05. The summed E-state index contributed by atoms with van der Waals surface area (Å²) in [6, 6.07) is 13.3. The van der Waals surface area contributed by atoms with Crippen LogP contribution in [0.25, 0.3) is 0 Å². The lowest BCUT2D eigenvalue weighted by Crippen LogP contribution is -2.39. The van der Waals surface area contributed by atoms with Gasteiger partial charge in [-0.25, -0.2) is 9.18 Å². The average Bonchev–Trinajstić information content (AvgIpc) is 2.79. The molecule has 180 valence electrons. The van der Waals surface area contributed by atoms with E-state index >= 15 is 0 Å². The Morgan fingerprint density at radius 2 is 1.94 bits per heavy atom. The maximum Gasteiger partial charge on any atom is 0.330 e. The normalized spacial score (nSPS) is 10.8. The summed E-state index contributed by atoms with van der Waals surface area (Å²) in [5.41, 5.74) is 6.09. The molecule has 8 nitrogen and oxygen atoms in total. The van der Waals surface area contributed by atoms with Crippen molar-refractivity contribution in [3.8, 4) is 0 Å². The topological polar surface area (TPSA) is 113 Å². The van der Waals surface area contributed by atoms with Crippen molar-refractivity contribution in [2.45, 2.75) is 39.3 Å². The summed E-state index contributed by atoms with van der Waals surface area (Å²) in [6.07, 6.45) is 1.50. The number of hydrogen-bond acceptors (Lipinski definition) is 5. The van der Waals surface area contributed by atoms with E-state index in [2.05, 4.69) is 10.3 Å². The zero-order valence-electron chi connectivity index (χ0n) is 18.8. The van der Waals surface area contributed by atoms with Crippen LogP contribution in [0, 0.1) is 5.82 Å². The van der Waals surface area contributed by atoms with Crippen LogP contribution in [0.4, 0.5) is 21.6 Å². The second-order valence-electron chi connectivity index (χ2n) is 7.83. The fourth-order valence-corrected chi connectivity index (χ4v) is 3.69. The summed E-state index contributed by atoms with van der Waals surface area (Å²) in [7, 11) is 0. The Morgan fingerprint density at radius 3 is 2.62 bits per heavy atom. The number of nitrogens with two attached hydrogens (primary N) is 1. The molecule has 1 amide bonds. The number of nitrogen functional groups attached to an aromatic ring is 1. The van der Waals surface area contributed by atoms with Crippen molar-refractivity contribution in [2.75, 3.05) is 22.5 Å². The van der Waals surface area contributed by atoms with Crippen molar-refractivity contribution in [3.05, 3.63) is 85.8 Å². The van der Waals surface area contributed by atoms with Gasteiger partial charge in [0.25, 0.3) is 5.56 Å². The van der Waals surface area contributed by atoms with E-state index in [1.807, 2.05) is 37.3 Å². The highest BCUT2D eigenvalue weighted by Crippen LogP contribution is 2.22. The SMILES string of the molecule is CCCCn1c(N)c(N(CCC(=O)Nc2ccc(Cl)cc2F)Cc2ccccc2)c(=O)[nH]c1=O. The number of carbonyl (C=O) groups excluding carboxylic acids is 1. The van der Waals surface area contributed by atoms with Gasteiger partial charge in [0.2, 0.25) is 5.91 Å². The van der Waals surface area contributed by atoms with Gasteiger partial charge in [0.15, 0.2) is 0 Å². The molecule has 3 aromatic rings. The first kappa shape index (κ1) is 25.0. The molecule has 10 heteroatoms. The minimum Gasteiger partial charge on any atom is -0.383 e. The van der Waals surface area contributed by atoms with E-state index in [4.69, 9.17) is 17.3 Å². The second kappa shape index (κ2) is 11.5. The van der Waals surface area contributed by atoms with Gasteiger partial charge in [-0.3, -0.25) is 19.1 Å². The molecule has 0 aliphatic carbocycles. The van der Waals surface area contributed by atoms with Crippen LogP contribution in [0.5, 0.6) is 0 Å². The molecule has 34 heavy (non-hydrogen) atoms. The summed E-state index contributed by atoms with van der Waals surface area (Å²) < 4.78 is 15.4. The standard InChI is InChI=1S/C24H27ClFN5O3/c1-2-3-12-31-22(27)21(23(33)29-24(31)34)30(15-16-7-5-4-6-8-16)13-11-20(32)28-19-10-9-17(25)14-18(19)26/h4-10,14H,2-3,11-13,15,27H2,1H3,(H,28,32)(H,29,33,34). The number of carbonyl (C=O) groups is 1. The Bertz CT molecular complexity index is 1260. The lowest BCUT2D eigenvalue weighted by atomic mass is 10.2. The number of unbranched alkanes of at least 4 members (excludes halogenated alkanes) is 1. The van der Waals surface area contributed by atoms with Crippen LogP contribution in [-0.4, -0.2) is 22.0 Å². The molecular weight excluding hydrogens is 461 g/mol. The summed E-state index contributed by atoms with van der Waals surface area (Å²) >= 11 is 5.76. The van der Waals surface area contributed by atoms with E-state index in [0.717, 1.165) is 18.1 Å². The fourth-order valence-electron chi connectivity index (χ4n) is 3.53. The number of anilines is 3. The molecule has 2 aromatic carbocycles. The van der Waals surface area contributed by atoms with E-state index < -0.39 is 23.0 Å². The quantitative estimate of drug-likeness (QED) is 0.403. The molecule has 3 rings (SSSR count). The van der Waals surface area contributed by atoms with E-state index in [0.29, 0.717) is 13.0 Å². The number of halogens is 2. The highest BCUT2D eigenvalue weighted by molar-refractivity contribution is 6.30. The van der Waals surface area contributed by atoms with Crippen molar-refractivity contribution >= 4 is 34.7 Å². The number of nitrogens with zero attached hydrogens (tertiary/aromatic N) is 2. The summed E-state index contributed by atoms with van der Waals surface area (Å²) in [5, 5.41) is 2.73. The third-order valence-electron chi connectivity index (χ3n) is 5.30. The van der Waals surface area contributed by atoms with Crippen LogP contribution in [-0.2, 0) is 17.9 Å². The van der Waals surface area contributed by atoms with E-state index in [1.54, 1.807) is 4.90 Å². The Balaban J connectivity index is 1.88. The van der Waals surface area contributed by atoms with Crippen LogP contribution in [0.15, 0.2) is 58.1 Å². The highest BCUT2D eigenvalue weighted by Gasteiger charge is 2.20. The van der Waals surface area contributed by atoms with Crippen molar-refractivity contribution in [2.24, 2.45) is 0 Å². The number of hydrogen-bond donors (Lipinski definition) is 3. The minimum atomic E-state index is -0.648. The zero-order chi connectivity index (χ0) is 24.7. The van der Waals surface area contributed by atoms with Crippen LogP contribution < -0.4 is 27.2 Å². The molecule has 1 heterocycles. The maximum absolute atomic E-state index is 14.0. The fraction of sp³-hybridized carbons (Fsp3) is 0.292. The predicted octanol–water partition coefficient (Wildman–Crippen LogP) is 3.75. The van der Waals surface area contributed by atoms with E-state index in [1.165, 1.54) is 16.7 Å². The first-order valence-corrected chi connectivity index (χ1v) is 11.3. The molecule has 0 fully saturated rings. The van der Waals surface area contributed by atoms with E-state index in [-0.39, 0.29) is 41.7 Å². The van der Waals surface area contributed by atoms with E-state index in [9.17, 15) is 18.8 Å². The molecule has 0 saturated carbocycles. The van der Waals surface area contributed by atoms with Gasteiger partial charge < -0.3 is 16.0 Å². The molecule has 0 aliphatic rings. The lowest BCUT2D eigenvalue weighted by Gasteiger charge is -2.26. The first-order valence-electron chi connectivity index (χ1n) is 11.0. The third-order valence-corrected chi connectivity index (χ3v) is 5.53. The minimum absolute atomic E-state index is 0.00878. The number of benzene rings is 2. The Hall–Kier alpha value is -3.59. The smallest absolute Gasteiger partial charge is 0.330 e. The number of aromatic amines is 1. The van der Waals surface area contributed by atoms with Crippen molar-refractivity contribution < 1.29 is 9.18 Å². The molecule has 4 N–H and O–H groups in total. The van der Waals surface area contributed by atoms with Crippen LogP contribution >= 0.6 is 11.6 Å². The van der Waals surface area contributed by atoms with Crippen molar-refractivity contribution in [1.82, 2.24) is 9.55 Å². The number of nitrogens with one attached hydrogen (secondary N) is 2. The van der Waals surface area contributed by atoms with Crippen molar-refractivity contribution in [3.63, 3.8) is 0 Å². The largest absolute Gasteiger partial charge is 0.383 e. The van der Waals surface area contributed by atoms with Gasteiger partial charge in [-0.05, 0) is 30.2 Å². The van der Waals surface area contributed by atoms with Gasteiger partial charge in [-0.2, -0.15) is 0 Å². The number of amides is 1. The third kappa shape index (κ3) is 6.26. The zero-order valence-corrected chi connectivity index (χ0v) is 19.6. The van der Waals surface area contributed by atoms with Crippen LogP contribution in [0.2, 0.25) is 5.02 Å². The molecule has 0 spiro atoms. The monoisotopic (exact) mass is 487 g/mol. The Labute approximate surface area is 201 Å². The Morgan fingerprint density at radius 1 is 1.21 bits per heavy atom. The van der Waals surface area contributed by atoms with Gasteiger partial charge in [-0.15, -0.1) is 0 Å². The average molecular weight is 488 g/mol. The Kier molecular flexibility index (Phi) is 8.48. The van der Waals surface area contributed by atoms with Gasteiger partial charge in [0, 0.05) is 31.1 Å². The number of rotatable bonds is 10. The highest BCUT2D eigenvalue weighted by atomic mass is 35.5. The summed E-state index contributed by atoms with van der Waals surface area (Å²) in [4.78, 5) is 41.6.